The lowest BCUT2D eigenvalue weighted by atomic mass is 10.0. The zero-order valence-corrected chi connectivity index (χ0v) is 11.2. The molecule has 2 aromatic carbocycles. The topological polar surface area (TPSA) is 17.1 Å². The van der Waals surface area contributed by atoms with Crippen molar-refractivity contribution in [1.29, 1.82) is 0 Å². The van der Waals surface area contributed by atoms with Crippen LogP contribution in [-0.2, 0) is 6.42 Å². The number of benzene rings is 2. The van der Waals surface area contributed by atoms with Crippen LogP contribution >= 0.6 is 15.9 Å². The number of rotatable bonds is 3. The van der Waals surface area contributed by atoms with Crippen LogP contribution in [0.1, 0.15) is 15.9 Å². The molecule has 5 heteroatoms. The smallest absolute Gasteiger partial charge is 0.173 e. The third-order valence-electron chi connectivity index (χ3n) is 2.59. The fraction of sp³-hybridized carbons (Fsp3) is 0.0714. The molecule has 0 heterocycles. The Hall–Kier alpha value is -1.62. The van der Waals surface area contributed by atoms with E-state index in [9.17, 15) is 18.0 Å². The Morgan fingerprint density at radius 1 is 1.00 bits per heavy atom. The average Bonchev–Trinajstić information content (AvgIpc) is 2.30. The second kappa shape index (κ2) is 5.57. The van der Waals surface area contributed by atoms with Crippen molar-refractivity contribution in [2.75, 3.05) is 0 Å². The van der Waals surface area contributed by atoms with E-state index in [1.807, 2.05) is 0 Å². The van der Waals surface area contributed by atoms with Crippen molar-refractivity contribution >= 4 is 21.7 Å². The number of carbonyl (C=O) groups excluding carboxylic acids is 1. The van der Waals surface area contributed by atoms with Gasteiger partial charge in [-0.3, -0.25) is 4.79 Å². The highest BCUT2D eigenvalue weighted by Crippen LogP contribution is 2.21. The van der Waals surface area contributed by atoms with Gasteiger partial charge >= 0.3 is 0 Å². The first-order valence-corrected chi connectivity index (χ1v) is 6.19. The van der Waals surface area contributed by atoms with Gasteiger partial charge in [-0.2, -0.15) is 0 Å². The Balaban J connectivity index is 2.34. The van der Waals surface area contributed by atoms with Crippen LogP contribution in [0.15, 0.2) is 40.9 Å². The van der Waals surface area contributed by atoms with Gasteiger partial charge in [-0.05, 0) is 23.8 Å². The molecule has 0 aliphatic rings. The Labute approximate surface area is 116 Å². The van der Waals surface area contributed by atoms with Crippen molar-refractivity contribution in [3.8, 4) is 0 Å². The molecule has 0 fully saturated rings. The highest BCUT2D eigenvalue weighted by molar-refractivity contribution is 9.10. The third kappa shape index (κ3) is 3.04. The van der Waals surface area contributed by atoms with Gasteiger partial charge in [-0.15, -0.1) is 0 Å². The summed E-state index contributed by atoms with van der Waals surface area (Å²) in [5.74, 6) is -3.30. The van der Waals surface area contributed by atoms with Crippen LogP contribution in [0.2, 0.25) is 0 Å². The van der Waals surface area contributed by atoms with Crippen LogP contribution in [0.4, 0.5) is 13.2 Å². The molecule has 0 aliphatic carbocycles. The summed E-state index contributed by atoms with van der Waals surface area (Å²) in [5, 5.41) is 0. The molecule has 2 aromatic rings. The summed E-state index contributed by atoms with van der Waals surface area (Å²) in [7, 11) is 0. The van der Waals surface area contributed by atoms with Crippen LogP contribution in [0.3, 0.4) is 0 Å². The molecule has 1 nitrogen and oxygen atoms in total. The van der Waals surface area contributed by atoms with E-state index in [1.165, 1.54) is 18.2 Å². The standard InChI is InChI=1S/C14H8BrF3O/c15-9-6-11(17)14(12(18)7-9)13(19)5-8-3-1-2-4-10(8)16/h1-4,6-7H,5H2. The summed E-state index contributed by atoms with van der Waals surface area (Å²) in [4.78, 5) is 11.9. The predicted octanol–water partition coefficient (Wildman–Crippen LogP) is 4.29. The van der Waals surface area contributed by atoms with Crippen LogP contribution in [0.5, 0.6) is 0 Å². The van der Waals surface area contributed by atoms with E-state index < -0.39 is 28.8 Å². The minimum absolute atomic E-state index is 0.106. The molecule has 0 radical (unpaired) electrons. The number of hydrogen-bond acceptors (Lipinski definition) is 1. The molecule has 0 spiro atoms. The summed E-state index contributed by atoms with van der Waals surface area (Å²) in [6, 6.07) is 7.62. The Kier molecular flexibility index (Phi) is 4.04. The first kappa shape index (κ1) is 13.8. The molecule has 0 aromatic heterocycles. The molecule has 0 saturated carbocycles. The lowest BCUT2D eigenvalue weighted by molar-refractivity contribution is 0.0983. The molecule has 0 saturated heterocycles. The summed E-state index contributed by atoms with van der Waals surface area (Å²) in [6.45, 7) is 0. The van der Waals surface area contributed by atoms with Crippen molar-refractivity contribution in [3.63, 3.8) is 0 Å². The summed E-state index contributed by atoms with van der Waals surface area (Å²) in [5.41, 5.74) is -0.541. The first-order chi connectivity index (χ1) is 8.99. The van der Waals surface area contributed by atoms with Gasteiger partial charge in [0.25, 0.3) is 0 Å². The third-order valence-corrected chi connectivity index (χ3v) is 3.05. The van der Waals surface area contributed by atoms with E-state index in [0.29, 0.717) is 0 Å². The molecule has 0 amide bonds. The number of hydrogen-bond donors (Lipinski definition) is 0. The minimum Gasteiger partial charge on any atom is -0.294 e. The zero-order chi connectivity index (χ0) is 14.0. The number of ketones is 1. The summed E-state index contributed by atoms with van der Waals surface area (Å²) >= 11 is 2.92. The summed E-state index contributed by atoms with van der Waals surface area (Å²) < 4.78 is 40.7. The largest absolute Gasteiger partial charge is 0.294 e. The monoisotopic (exact) mass is 328 g/mol. The molecule has 0 atom stereocenters. The number of carbonyl (C=O) groups is 1. The predicted molar refractivity (Wildman–Crippen MR) is 68.5 cm³/mol. The van der Waals surface area contributed by atoms with Crippen molar-refractivity contribution in [3.05, 3.63) is 69.4 Å². The second-order valence-electron chi connectivity index (χ2n) is 3.94. The van der Waals surface area contributed by atoms with E-state index in [2.05, 4.69) is 15.9 Å². The fourth-order valence-corrected chi connectivity index (χ4v) is 2.11. The molecule has 0 bridgehead atoms. The van der Waals surface area contributed by atoms with Crippen molar-refractivity contribution in [1.82, 2.24) is 0 Å². The lowest BCUT2D eigenvalue weighted by Crippen LogP contribution is -2.10. The van der Waals surface area contributed by atoms with Crippen LogP contribution < -0.4 is 0 Å². The molecular weight excluding hydrogens is 321 g/mol. The molecule has 98 valence electrons. The van der Waals surface area contributed by atoms with Crippen LogP contribution in [0.25, 0.3) is 0 Å². The maximum Gasteiger partial charge on any atom is 0.173 e. The van der Waals surface area contributed by atoms with E-state index in [4.69, 9.17) is 0 Å². The second-order valence-corrected chi connectivity index (χ2v) is 4.85. The first-order valence-electron chi connectivity index (χ1n) is 5.40. The zero-order valence-electron chi connectivity index (χ0n) is 9.59. The van der Waals surface area contributed by atoms with Gasteiger partial charge in [-0.1, -0.05) is 34.1 Å². The average molecular weight is 329 g/mol. The highest BCUT2D eigenvalue weighted by atomic mass is 79.9. The lowest BCUT2D eigenvalue weighted by Gasteiger charge is -2.06. The van der Waals surface area contributed by atoms with Gasteiger partial charge < -0.3 is 0 Å². The Morgan fingerprint density at radius 2 is 1.58 bits per heavy atom. The summed E-state index contributed by atoms with van der Waals surface area (Å²) in [6.07, 6.45) is -0.387. The quantitative estimate of drug-likeness (QED) is 0.768. The van der Waals surface area contributed by atoms with Gasteiger partial charge in [0.05, 0.1) is 5.56 Å². The molecule has 0 N–H and O–H groups in total. The number of halogens is 4. The van der Waals surface area contributed by atoms with Gasteiger partial charge in [0, 0.05) is 10.9 Å². The fourth-order valence-electron chi connectivity index (χ4n) is 1.71. The Morgan fingerprint density at radius 3 is 2.16 bits per heavy atom. The van der Waals surface area contributed by atoms with Gasteiger partial charge in [0.2, 0.25) is 0 Å². The molecule has 19 heavy (non-hydrogen) atoms. The van der Waals surface area contributed by atoms with E-state index in [-0.39, 0.29) is 16.5 Å². The minimum atomic E-state index is -0.965. The van der Waals surface area contributed by atoms with Crippen molar-refractivity contribution in [2.45, 2.75) is 6.42 Å². The van der Waals surface area contributed by atoms with Crippen molar-refractivity contribution < 1.29 is 18.0 Å². The van der Waals surface area contributed by atoms with Crippen LogP contribution in [0, 0.1) is 17.5 Å². The number of Topliss-reactive ketones (excluding diaryl/α,β-unsaturated/α-hetero) is 1. The van der Waals surface area contributed by atoms with E-state index in [1.54, 1.807) is 6.07 Å². The van der Waals surface area contributed by atoms with Crippen LogP contribution in [-0.4, -0.2) is 5.78 Å². The molecule has 0 aliphatic heterocycles. The van der Waals surface area contributed by atoms with Crippen molar-refractivity contribution in [2.24, 2.45) is 0 Å². The van der Waals surface area contributed by atoms with E-state index in [0.717, 1.165) is 12.1 Å². The normalized spacial score (nSPS) is 10.5. The molecule has 0 unspecified atom stereocenters. The maximum atomic E-state index is 13.6. The molecular formula is C14H8BrF3O. The van der Waals surface area contributed by atoms with E-state index >= 15 is 0 Å². The van der Waals surface area contributed by atoms with Gasteiger partial charge in [0.15, 0.2) is 5.78 Å². The van der Waals surface area contributed by atoms with Gasteiger partial charge in [0.1, 0.15) is 17.5 Å². The maximum absolute atomic E-state index is 13.6. The van der Waals surface area contributed by atoms with Gasteiger partial charge in [-0.25, -0.2) is 13.2 Å². The molecule has 2 rings (SSSR count). The SMILES string of the molecule is O=C(Cc1ccccc1F)c1c(F)cc(Br)cc1F. The highest BCUT2D eigenvalue weighted by Gasteiger charge is 2.19. The Bertz CT molecular complexity index is 617.